The van der Waals surface area contributed by atoms with E-state index in [0.717, 1.165) is 0 Å². The Bertz CT molecular complexity index is 614. The minimum Gasteiger partial charge on any atom is -0.482 e. The van der Waals surface area contributed by atoms with Crippen molar-refractivity contribution in [2.45, 2.75) is 12.8 Å². The van der Waals surface area contributed by atoms with Gasteiger partial charge in [0.2, 0.25) is 5.91 Å². The number of amides is 2. The van der Waals surface area contributed by atoms with Crippen LogP contribution in [0.25, 0.3) is 0 Å². The number of nitro groups is 1. The molecule has 22 heavy (non-hydrogen) atoms. The smallest absolute Gasteiger partial charge is 0.271 e. The van der Waals surface area contributed by atoms with Crippen molar-refractivity contribution in [1.82, 2.24) is 4.90 Å². The van der Waals surface area contributed by atoms with Gasteiger partial charge in [0, 0.05) is 39.2 Å². The fourth-order valence-corrected chi connectivity index (χ4v) is 2.16. The zero-order chi connectivity index (χ0) is 16.3. The molecule has 0 fully saturated rings. The van der Waals surface area contributed by atoms with Crippen molar-refractivity contribution in [1.29, 1.82) is 0 Å². The third-order valence-electron chi connectivity index (χ3n) is 3.37. The van der Waals surface area contributed by atoms with Gasteiger partial charge in [-0.2, -0.15) is 0 Å². The first-order valence-corrected chi connectivity index (χ1v) is 6.82. The van der Waals surface area contributed by atoms with Gasteiger partial charge in [0.05, 0.1) is 10.6 Å². The van der Waals surface area contributed by atoms with E-state index in [-0.39, 0.29) is 24.1 Å². The molecule has 118 valence electrons. The monoisotopic (exact) mass is 307 g/mol. The highest BCUT2D eigenvalue weighted by molar-refractivity contribution is 5.98. The predicted molar refractivity (Wildman–Crippen MR) is 78.9 cm³/mol. The summed E-state index contributed by atoms with van der Waals surface area (Å²) in [6.07, 6.45) is 0.785. The van der Waals surface area contributed by atoms with Crippen molar-refractivity contribution in [2.75, 3.05) is 32.1 Å². The van der Waals surface area contributed by atoms with E-state index >= 15 is 0 Å². The lowest BCUT2D eigenvalue weighted by Gasteiger charge is -2.29. The third kappa shape index (κ3) is 3.33. The number of carbonyl (C=O) groups is 2. The van der Waals surface area contributed by atoms with E-state index < -0.39 is 4.92 Å². The molecule has 0 bridgehead atoms. The number of hydrogen-bond acceptors (Lipinski definition) is 5. The molecule has 8 nitrogen and oxygen atoms in total. The summed E-state index contributed by atoms with van der Waals surface area (Å²) in [5.41, 5.74) is 0.272. The first-order chi connectivity index (χ1) is 10.4. The van der Waals surface area contributed by atoms with Crippen LogP contribution in [-0.2, 0) is 9.59 Å². The molecule has 2 rings (SSSR count). The van der Waals surface area contributed by atoms with Crippen molar-refractivity contribution in [3.05, 3.63) is 28.3 Å². The van der Waals surface area contributed by atoms with Crippen LogP contribution >= 0.6 is 0 Å². The quantitative estimate of drug-likeness (QED) is 0.601. The van der Waals surface area contributed by atoms with Crippen molar-refractivity contribution in [3.8, 4) is 5.75 Å². The number of rotatable bonds is 5. The van der Waals surface area contributed by atoms with Crippen LogP contribution in [0.4, 0.5) is 11.4 Å². The van der Waals surface area contributed by atoms with Crippen LogP contribution in [0.1, 0.15) is 12.8 Å². The van der Waals surface area contributed by atoms with Crippen molar-refractivity contribution < 1.29 is 19.2 Å². The fourth-order valence-electron chi connectivity index (χ4n) is 2.16. The van der Waals surface area contributed by atoms with E-state index in [1.165, 1.54) is 28.0 Å². The molecule has 0 atom stereocenters. The molecule has 0 aliphatic carbocycles. The number of ether oxygens (including phenoxy) is 1. The van der Waals surface area contributed by atoms with E-state index in [0.29, 0.717) is 30.8 Å². The number of anilines is 1. The normalized spacial score (nSPS) is 13.4. The zero-order valence-corrected chi connectivity index (χ0v) is 12.4. The molecule has 0 unspecified atom stereocenters. The summed E-state index contributed by atoms with van der Waals surface area (Å²) in [5.74, 6) is 0.134. The van der Waals surface area contributed by atoms with E-state index in [1.54, 1.807) is 14.1 Å². The lowest BCUT2D eigenvalue weighted by Crippen LogP contribution is -2.39. The van der Waals surface area contributed by atoms with Crippen LogP contribution in [0.2, 0.25) is 0 Å². The van der Waals surface area contributed by atoms with Gasteiger partial charge < -0.3 is 14.5 Å². The van der Waals surface area contributed by atoms with Gasteiger partial charge in [-0.25, -0.2) is 0 Å². The number of benzene rings is 1. The minimum absolute atomic E-state index is 0.0278. The number of carbonyl (C=O) groups excluding carboxylic acids is 2. The van der Waals surface area contributed by atoms with Gasteiger partial charge in [-0.1, -0.05) is 0 Å². The van der Waals surface area contributed by atoms with Crippen molar-refractivity contribution in [3.63, 3.8) is 0 Å². The number of fused-ring (bicyclic) bond motifs is 1. The molecular weight excluding hydrogens is 290 g/mol. The van der Waals surface area contributed by atoms with Gasteiger partial charge in [-0.3, -0.25) is 19.7 Å². The molecule has 8 heteroatoms. The largest absolute Gasteiger partial charge is 0.482 e. The lowest BCUT2D eigenvalue weighted by molar-refractivity contribution is -0.384. The highest BCUT2D eigenvalue weighted by Gasteiger charge is 2.27. The second-order valence-corrected chi connectivity index (χ2v) is 5.13. The van der Waals surface area contributed by atoms with E-state index in [9.17, 15) is 19.7 Å². The highest BCUT2D eigenvalue weighted by atomic mass is 16.6. The Labute approximate surface area is 127 Å². The summed E-state index contributed by atoms with van der Waals surface area (Å²) >= 11 is 0. The molecule has 1 heterocycles. The van der Waals surface area contributed by atoms with Gasteiger partial charge in [-0.15, -0.1) is 0 Å². The van der Waals surface area contributed by atoms with Crippen LogP contribution < -0.4 is 9.64 Å². The molecule has 0 radical (unpaired) electrons. The lowest BCUT2D eigenvalue weighted by atomic mass is 10.2. The fraction of sp³-hybridized carbons (Fsp3) is 0.429. The Morgan fingerprint density at radius 1 is 1.45 bits per heavy atom. The summed E-state index contributed by atoms with van der Waals surface area (Å²) in [6.45, 7) is 0.211. The second kappa shape index (κ2) is 6.42. The second-order valence-electron chi connectivity index (χ2n) is 5.13. The zero-order valence-electron chi connectivity index (χ0n) is 12.4. The Kier molecular flexibility index (Phi) is 4.59. The van der Waals surface area contributed by atoms with Crippen LogP contribution in [0, 0.1) is 10.1 Å². The maximum Gasteiger partial charge on any atom is 0.271 e. The van der Waals surface area contributed by atoms with Crippen LogP contribution in [0.5, 0.6) is 5.75 Å². The first-order valence-electron chi connectivity index (χ1n) is 6.82. The Morgan fingerprint density at radius 3 is 2.82 bits per heavy atom. The van der Waals surface area contributed by atoms with Gasteiger partial charge >= 0.3 is 0 Å². The van der Waals surface area contributed by atoms with E-state index in [2.05, 4.69) is 0 Å². The minimum atomic E-state index is -0.521. The number of hydrogen-bond donors (Lipinski definition) is 0. The maximum absolute atomic E-state index is 12.0. The number of nitrogens with zero attached hydrogens (tertiary/aromatic N) is 3. The summed E-state index contributed by atoms with van der Waals surface area (Å²) in [7, 11) is 3.34. The third-order valence-corrected chi connectivity index (χ3v) is 3.37. The SMILES string of the molecule is CN(C)C(=O)CCCN1C(=O)COc2ccc([N+](=O)[O-])cc21. The highest BCUT2D eigenvalue weighted by Crippen LogP contribution is 2.35. The molecule has 1 aliphatic heterocycles. The summed E-state index contributed by atoms with van der Waals surface area (Å²) in [5, 5.41) is 10.9. The molecule has 0 aromatic heterocycles. The molecule has 1 aromatic carbocycles. The average molecular weight is 307 g/mol. The molecule has 0 N–H and O–H groups in total. The summed E-state index contributed by atoms with van der Waals surface area (Å²) in [6, 6.07) is 4.14. The molecule has 1 aromatic rings. The Hall–Kier alpha value is -2.64. The van der Waals surface area contributed by atoms with Crippen LogP contribution in [0.3, 0.4) is 0 Å². The van der Waals surface area contributed by atoms with Crippen molar-refractivity contribution >= 4 is 23.2 Å². The first kappa shape index (κ1) is 15.7. The van der Waals surface area contributed by atoms with Crippen molar-refractivity contribution in [2.24, 2.45) is 0 Å². The van der Waals surface area contributed by atoms with E-state index in [1.807, 2.05) is 0 Å². The molecule has 1 aliphatic rings. The Balaban J connectivity index is 2.14. The number of non-ortho nitro benzene ring substituents is 1. The van der Waals surface area contributed by atoms with Crippen LogP contribution in [-0.4, -0.2) is 48.9 Å². The van der Waals surface area contributed by atoms with Crippen LogP contribution in [0.15, 0.2) is 18.2 Å². The number of nitro benzene ring substituents is 1. The molecule has 0 saturated carbocycles. The van der Waals surface area contributed by atoms with Gasteiger partial charge in [0.15, 0.2) is 6.61 Å². The topological polar surface area (TPSA) is 93.0 Å². The average Bonchev–Trinajstić information content (AvgIpc) is 2.48. The van der Waals surface area contributed by atoms with Gasteiger partial charge in [0.25, 0.3) is 11.6 Å². The van der Waals surface area contributed by atoms with E-state index in [4.69, 9.17) is 4.74 Å². The summed E-state index contributed by atoms with van der Waals surface area (Å²) in [4.78, 5) is 36.8. The van der Waals surface area contributed by atoms with Gasteiger partial charge in [-0.05, 0) is 12.5 Å². The molecular formula is C14H17N3O5. The molecule has 0 spiro atoms. The molecule has 0 saturated heterocycles. The summed E-state index contributed by atoms with van der Waals surface area (Å²) < 4.78 is 5.28. The molecule has 2 amide bonds. The Morgan fingerprint density at radius 2 is 2.18 bits per heavy atom. The maximum atomic E-state index is 12.0. The standard InChI is InChI=1S/C14H17N3O5/c1-15(2)13(18)4-3-7-16-11-8-10(17(20)21)5-6-12(11)22-9-14(16)19/h5-6,8H,3-4,7,9H2,1-2H3. The predicted octanol–water partition coefficient (Wildman–Crippen LogP) is 1.19. The van der Waals surface area contributed by atoms with Gasteiger partial charge in [0.1, 0.15) is 5.75 Å².